The second-order valence-electron chi connectivity index (χ2n) is 6.85. The molecule has 0 saturated carbocycles. The first kappa shape index (κ1) is 21.3. The van der Waals surface area contributed by atoms with Crippen LogP contribution < -0.4 is 10.6 Å². The molecule has 0 radical (unpaired) electrons. The molecule has 0 spiro atoms. The van der Waals surface area contributed by atoms with E-state index in [0.717, 1.165) is 5.56 Å². The summed E-state index contributed by atoms with van der Waals surface area (Å²) in [4.78, 5) is 38.8. The van der Waals surface area contributed by atoms with Gasteiger partial charge in [0.25, 0.3) is 0 Å². The number of amides is 3. The number of nitrogens with zero attached hydrogens (tertiary/aromatic N) is 1. The molecule has 0 aromatic heterocycles. The van der Waals surface area contributed by atoms with Crippen molar-refractivity contribution in [1.29, 1.82) is 0 Å². The first-order valence-electron chi connectivity index (χ1n) is 9.73. The fourth-order valence-electron chi connectivity index (χ4n) is 3.10. The molecule has 2 aromatic carbocycles. The van der Waals surface area contributed by atoms with Crippen LogP contribution in [-0.4, -0.2) is 62.3 Å². The average Bonchev–Trinajstić information content (AvgIpc) is 2.79. The normalized spacial score (nSPS) is 14.5. The molecule has 1 aliphatic heterocycles. The van der Waals surface area contributed by atoms with Gasteiger partial charge in [0.05, 0.1) is 25.9 Å². The smallest absolute Gasteiger partial charge is 0.337 e. The van der Waals surface area contributed by atoms with Gasteiger partial charge in [0.1, 0.15) is 6.04 Å². The number of anilines is 1. The molecule has 8 heteroatoms. The highest BCUT2D eigenvalue weighted by Gasteiger charge is 2.25. The number of urea groups is 1. The van der Waals surface area contributed by atoms with Gasteiger partial charge in [-0.05, 0) is 29.8 Å². The fourth-order valence-corrected chi connectivity index (χ4v) is 3.10. The minimum Gasteiger partial charge on any atom is -0.465 e. The van der Waals surface area contributed by atoms with Crippen LogP contribution in [0.2, 0.25) is 0 Å². The van der Waals surface area contributed by atoms with Crippen LogP contribution in [0, 0.1) is 0 Å². The standard InChI is InChI=1S/C22H25N3O5/c1-29-21(27)17-7-9-18(10-8-17)23-20(26)19(15-16-5-3-2-4-6-16)24-22(28)25-11-13-30-14-12-25/h2-10,19H,11-15H2,1H3,(H,23,26)(H,24,28). The maximum absolute atomic E-state index is 12.9. The Morgan fingerprint density at radius 1 is 1.03 bits per heavy atom. The number of ether oxygens (including phenoxy) is 2. The van der Waals surface area contributed by atoms with Crippen molar-refractivity contribution in [2.75, 3.05) is 38.7 Å². The first-order valence-corrected chi connectivity index (χ1v) is 9.73. The number of hydrogen-bond donors (Lipinski definition) is 2. The van der Waals surface area contributed by atoms with E-state index in [2.05, 4.69) is 15.4 Å². The monoisotopic (exact) mass is 411 g/mol. The van der Waals surface area contributed by atoms with E-state index >= 15 is 0 Å². The van der Waals surface area contributed by atoms with E-state index in [0.29, 0.717) is 44.0 Å². The summed E-state index contributed by atoms with van der Waals surface area (Å²) >= 11 is 0. The molecule has 1 aliphatic rings. The second-order valence-corrected chi connectivity index (χ2v) is 6.85. The summed E-state index contributed by atoms with van der Waals surface area (Å²) in [7, 11) is 1.31. The summed E-state index contributed by atoms with van der Waals surface area (Å²) in [5, 5.41) is 5.64. The Morgan fingerprint density at radius 2 is 1.70 bits per heavy atom. The summed E-state index contributed by atoms with van der Waals surface area (Å²) in [6.07, 6.45) is 0.350. The Labute approximate surface area is 175 Å². The van der Waals surface area contributed by atoms with Crippen molar-refractivity contribution >= 4 is 23.6 Å². The number of carbonyl (C=O) groups is 3. The summed E-state index contributed by atoms with van der Waals surface area (Å²) < 4.78 is 9.95. The quantitative estimate of drug-likeness (QED) is 0.710. The molecule has 1 unspecified atom stereocenters. The SMILES string of the molecule is COC(=O)c1ccc(NC(=O)C(Cc2ccccc2)NC(=O)N2CCOCC2)cc1. The lowest BCUT2D eigenvalue weighted by Crippen LogP contribution is -2.53. The Hall–Kier alpha value is -3.39. The molecule has 0 aliphatic carbocycles. The Morgan fingerprint density at radius 3 is 2.33 bits per heavy atom. The van der Waals surface area contributed by atoms with Crippen LogP contribution in [0.5, 0.6) is 0 Å². The zero-order chi connectivity index (χ0) is 21.3. The van der Waals surface area contributed by atoms with E-state index in [1.165, 1.54) is 7.11 Å². The third-order valence-electron chi connectivity index (χ3n) is 4.77. The predicted molar refractivity (Wildman–Crippen MR) is 111 cm³/mol. The second kappa shape index (κ2) is 10.4. The first-order chi connectivity index (χ1) is 14.6. The summed E-state index contributed by atoms with van der Waals surface area (Å²) in [5.41, 5.74) is 1.84. The van der Waals surface area contributed by atoms with Crippen molar-refractivity contribution in [3.05, 3.63) is 65.7 Å². The highest BCUT2D eigenvalue weighted by molar-refractivity contribution is 5.98. The minimum absolute atomic E-state index is 0.296. The molecule has 2 aromatic rings. The average molecular weight is 411 g/mol. The van der Waals surface area contributed by atoms with E-state index in [4.69, 9.17) is 4.74 Å². The molecular formula is C22H25N3O5. The summed E-state index contributed by atoms with van der Waals surface area (Å²) in [5.74, 6) is -0.793. The van der Waals surface area contributed by atoms with E-state index in [9.17, 15) is 14.4 Å². The third kappa shape index (κ3) is 5.81. The van der Waals surface area contributed by atoms with Crippen molar-refractivity contribution in [2.24, 2.45) is 0 Å². The number of hydrogen-bond acceptors (Lipinski definition) is 5. The van der Waals surface area contributed by atoms with Crippen molar-refractivity contribution in [1.82, 2.24) is 10.2 Å². The molecule has 158 valence electrons. The summed E-state index contributed by atoms with van der Waals surface area (Å²) in [6, 6.07) is 14.8. The maximum atomic E-state index is 12.9. The van der Waals surface area contributed by atoms with Gasteiger partial charge in [0.2, 0.25) is 5.91 Å². The Kier molecular flexibility index (Phi) is 7.40. The maximum Gasteiger partial charge on any atom is 0.337 e. The van der Waals surface area contributed by atoms with Crippen molar-refractivity contribution in [3.63, 3.8) is 0 Å². The molecule has 1 saturated heterocycles. The van der Waals surface area contributed by atoms with E-state index in [1.54, 1.807) is 29.2 Å². The van der Waals surface area contributed by atoms with E-state index < -0.39 is 12.0 Å². The topological polar surface area (TPSA) is 97.0 Å². The Bertz CT molecular complexity index is 864. The van der Waals surface area contributed by atoms with Gasteiger partial charge in [0.15, 0.2) is 0 Å². The van der Waals surface area contributed by atoms with Gasteiger partial charge in [-0.25, -0.2) is 9.59 Å². The van der Waals surface area contributed by atoms with Crippen molar-refractivity contribution in [3.8, 4) is 0 Å². The van der Waals surface area contributed by atoms with Crippen LogP contribution in [0.3, 0.4) is 0 Å². The number of methoxy groups -OCH3 is 1. The zero-order valence-corrected chi connectivity index (χ0v) is 16.8. The van der Waals surface area contributed by atoms with Crippen LogP contribution in [0.4, 0.5) is 10.5 Å². The number of morpholine rings is 1. The third-order valence-corrected chi connectivity index (χ3v) is 4.77. The largest absolute Gasteiger partial charge is 0.465 e. The van der Waals surface area contributed by atoms with Crippen LogP contribution >= 0.6 is 0 Å². The van der Waals surface area contributed by atoms with Crippen LogP contribution in [0.1, 0.15) is 15.9 Å². The lowest BCUT2D eigenvalue weighted by Gasteiger charge is -2.29. The number of carbonyl (C=O) groups excluding carboxylic acids is 3. The van der Waals surface area contributed by atoms with Crippen LogP contribution in [-0.2, 0) is 20.7 Å². The van der Waals surface area contributed by atoms with Gasteiger partial charge in [-0.2, -0.15) is 0 Å². The molecule has 1 fully saturated rings. The molecule has 0 bridgehead atoms. The van der Waals surface area contributed by atoms with Gasteiger partial charge < -0.3 is 25.0 Å². The Balaban J connectivity index is 1.70. The lowest BCUT2D eigenvalue weighted by molar-refractivity contribution is -0.118. The summed E-state index contributed by atoms with van der Waals surface area (Å²) in [6.45, 7) is 1.94. The molecule has 1 atom stereocenters. The highest BCUT2D eigenvalue weighted by atomic mass is 16.5. The van der Waals surface area contributed by atoms with Gasteiger partial charge in [-0.1, -0.05) is 30.3 Å². The van der Waals surface area contributed by atoms with Crippen LogP contribution in [0.25, 0.3) is 0 Å². The number of benzene rings is 2. The highest BCUT2D eigenvalue weighted by Crippen LogP contribution is 2.12. The van der Waals surface area contributed by atoms with Gasteiger partial charge >= 0.3 is 12.0 Å². The van der Waals surface area contributed by atoms with E-state index in [-0.39, 0.29) is 11.9 Å². The van der Waals surface area contributed by atoms with Gasteiger partial charge in [-0.3, -0.25) is 4.79 Å². The number of nitrogens with one attached hydrogen (secondary N) is 2. The van der Waals surface area contributed by atoms with Crippen molar-refractivity contribution in [2.45, 2.75) is 12.5 Å². The molecule has 8 nitrogen and oxygen atoms in total. The fraction of sp³-hybridized carbons (Fsp3) is 0.318. The van der Waals surface area contributed by atoms with Crippen LogP contribution in [0.15, 0.2) is 54.6 Å². The molecule has 2 N–H and O–H groups in total. The number of rotatable bonds is 6. The molecule has 30 heavy (non-hydrogen) atoms. The predicted octanol–water partition coefficient (Wildman–Crippen LogP) is 2.06. The molecule has 3 amide bonds. The molecular weight excluding hydrogens is 386 g/mol. The zero-order valence-electron chi connectivity index (χ0n) is 16.8. The van der Waals surface area contributed by atoms with Crippen molar-refractivity contribution < 1.29 is 23.9 Å². The molecule has 1 heterocycles. The van der Waals surface area contributed by atoms with Gasteiger partial charge in [-0.15, -0.1) is 0 Å². The van der Waals surface area contributed by atoms with E-state index in [1.807, 2.05) is 30.3 Å². The number of esters is 1. The lowest BCUT2D eigenvalue weighted by atomic mass is 10.1. The van der Waals surface area contributed by atoms with Gasteiger partial charge in [0, 0.05) is 25.2 Å². The molecule has 3 rings (SSSR count). The minimum atomic E-state index is -0.761.